The molecule has 1 fully saturated rings. The molecular formula is C10H13N3O3S. The first-order valence-electron chi connectivity index (χ1n) is 5.24. The van der Waals surface area contributed by atoms with Gasteiger partial charge in [-0.05, 0) is 12.1 Å². The summed E-state index contributed by atoms with van der Waals surface area (Å²) in [5.41, 5.74) is 0.641. The molecule has 0 aliphatic carbocycles. The molecule has 0 atom stereocenters. The van der Waals surface area contributed by atoms with Gasteiger partial charge in [0.2, 0.25) is 10.0 Å². The van der Waals surface area contributed by atoms with Gasteiger partial charge >= 0.3 is 0 Å². The van der Waals surface area contributed by atoms with Crippen molar-refractivity contribution in [3.8, 4) is 0 Å². The highest BCUT2D eigenvalue weighted by atomic mass is 32.2. The Balaban J connectivity index is 2.19. The number of oxime groups is 1. The van der Waals surface area contributed by atoms with Gasteiger partial charge in [0.1, 0.15) is 4.90 Å². The molecule has 2 heterocycles. The van der Waals surface area contributed by atoms with Gasteiger partial charge in [-0.1, -0.05) is 5.16 Å². The minimum Gasteiger partial charge on any atom is -0.411 e. The summed E-state index contributed by atoms with van der Waals surface area (Å²) in [7, 11) is -3.46. The highest BCUT2D eigenvalue weighted by Crippen LogP contribution is 2.18. The Hall–Kier alpha value is -1.47. The van der Waals surface area contributed by atoms with E-state index in [0.29, 0.717) is 31.6 Å². The molecule has 0 amide bonds. The van der Waals surface area contributed by atoms with E-state index in [-0.39, 0.29) is 4.90 Å². The van der Waals surface area contributed by atoms with Crippen molar-refractivity contribution < 1.29 is 13.6 Å². The highest BCUT2D eigenvalue weighted by molar-refractivity contribution is 7.89. The Morgan fingerprint density at radius 2 is 2.06 bits per heavy atom. The van der Waals surface area contributed by atoms with Crippen LogP contribution in [0.3, 0.4) is 0 Å². The van der Waals surface area contributed by atoms with E-state index in [1.54, 1.807) is 6.07 Å². The molecule has 17 heavy (non-hydrogen) atoms. The van der Waals surface area contributed by atoms with Gasteiger partial charge in [-0.3, -0.25) is 4.98 Å². The molecule has 1 aromatic rings. The monoisotopic (exact) mass is 255 g/mol. The summed E-state index contributed by atoms with van der Waals surface area (Å²) in [6, 6.07) is 3.12. The van der Waals surface area contributed by atoms with E-state index in [2.05, 4.69) is 10.1 Å². The number of nitrogens with zero attached hydrogens (tertiary/aromatic N) is 3. The van der Waals surface area contributed by atoms with Crippen molar-refractivity contribution in [2.45, 2.75) is 17.7 Å². The van der Waals surface area contributed by atoms with Crippen molar-refractivity contribution in [2.24, 2.45) is 5.16 Å². The van der Waals surface area contributed by atoms with Gasteiger partial charge in [0.15, 0.2) is 0 Å². The summed E-state index contributed by atoms with van der Waals surface area (Å²) in [5.74, 6) is 0. The molecule has 1 aromatic heterocycles. The fourth-order valence-corrected chi connectivity index (χ4v) is 3.14. The lowest BCUT2D eigenvalue weighted by Gasteiger charge is -2.26. The maximum atomic E-state index is 12.2. The second-order valence-electron chi connectivity index (χ2n) is 3.76. The van der Waals surface area contributed by atoms with Crippen LogP contribution in [0.5, 0.6) is 0 Å². The molecule has 0 bridgehead atoms. The molecule has 1 aliphatic rings. The van der Waals surface area contributed by atoms with Gasteiger partial charge in [-0.15, -0.1) is 0 Å². The van der Waals surface area contributed by atoms with Crippen LogP contribution in [0, 0.1) is 0 Å². The third-order valence-electron chi connectivity index (χ3n) is 2.71. The fraction of sp³-hybridized carbons (Fsp3) is 0.400. The molecule has 6 nitrogen and oxygen atoms in total. The molecule has 92 valence electrons. The standard InChI is InChI=1S/C10H13N3O3S/c14-12-9-3-6-13(7-4-9)17(15,16)10-2-1-5-11-8-10/h1-2,5,8,14H,3-4,6-7H2. The first-order chi connectivity index (χ1) is 8.14. The van der Waals surface area contributed by atoms with Crippen molar-refractivity contribution in [3.63, 3.8) is 0 Å². The number of sulfonamides is 1. The van der Waals surface area contributed by atoms with E-state index in [4.69, 9.17) is 5.21 Å². The lowest BCUT2D eigenvalue weighted by atomic mass is 10.1. The Morgan fingerprint density at radius 3 is 2.59 bits per heavy atom. The van der Waals surface area contributed by atoms with Crippen LogP contribution in [0.2, 0.25) is 0 Å². The Kier molecular flexibility index (Phi) is 3.39. The van der Waals surface area contributed by atoms with Gasteiger partial charge in [0, 0.05) is 38.3 Å². The molecule has 1 N–H and O–H groups in total. The Bertz CT molecular complexity index is 503. The molecular weight excluding hydrogens is 242 g/mol. The SMILES string of the molecule is O=S(=O)(c1cccnc1)N1CCC(=NO)CC1. The molecule has 0 aromatic carbocycles. The summed E-state index contributed by atoms with van der Waals surface area (Å²) in [6.07, 6.45) is 3.81. The van der Waals surface area contributed by atoms with Crippen LogP contribution >= 0.6 is 0 Å². The van der Waals surface area contributed by atoms with Crippen molar-refractivity contribution in [1.29, 1.82) is 0 Å². The number of hydrogen-bond acceptors (Lipinski definition) is 5. The zero-order valence-electron chi connectivity index (χ0n) is 9.15. The number of hydrogen-bond donors (Lipinski definition) is 1. The molecule has 7 heteroatoms. The van der Waals surface area contributed by atoms with Gasteiger partial charge in [-0.2, -0.15) is 4.31 Å². The van der Waals surface area contributed by atoms with Crippen LogP contribution in [0.25, 0.3) is 0 Å². The summed E-state index contributed by atoms with van der Waals surface area (Å²) in [5, 5.41) is 11.7. The Morgan fingerprint density at radius 1 is 1.35 bits per heavy atom. The second kappa shape index (κ2) is 4.80. The molecule has 1 aliphatic heterocycles. The van der Waals surface area contributed by atoms with E-state index in [0.717, 1.165) is 0 Å². The van der Waals surface area contributed by atoms with E-state index < -0.39 is 10.0 Å². The number of aromatic nitrogens is 1. The lowest BCUT2D eigenvalue weighted by molar-refractivity contribution is 0.309. The normalized spacial score (nSPS) is 18.0. The second-order valence-corrected chi connectivity index (χ2v) is 5.70. The van der Waals surface area contributed by atoms with E-state index in [1.807, 2.05) is 0 Å². The third kappa shape index (κ3) is 2.45. The quantitative estimate of drug-likeness (QED) is 0.622. The van der Waals surface area contributed by atoms with E-state index >= 15 is 0 Å². The number of pyridine rings is 1. The summed E-state index contributed by atoms with van der Waals surface area (Å²) in [6.45, 7) is 0.688. The molecule has 0 radical (unpaired) electrons. The van der Waals surface area contributed by atoms with Gasteiger partial charge in [-0.25, -0.2) is 8.42 Å². The van der Waals surface area contributed by atoms with Crippen molar-refractivity contribution in [3.05, 3.63) is 24.5 Å². The average molecular weight is 255 g/mol. The van der Waals surface area contributed by atoms with Crippen LogP contribution in [-0.2, 0) is 10.0 Å². The summed E-state index contributed by atoms with van der Waals surface area (Å²) >= 11 is 0. The maximum Gasteiger partial charge on any atom is 0.244 e. The number of rotatable bonds is 2. The van der Waals surface area contributed by atoms with E-state index in [1.165, 1.54) is 22.8 Å². The maximum absolute atomic E-state index is 12.2. The minimum atomic E-state index is -3.46. The van der Waals surface area contributed by atoms with Gasteiger partial charge in [0.25, 0.3) is 0 Å². The molecule has 0 spiro atoms. The van der Waals surface area contributed by atoms with Crippen LogP contribution in [0.15, 0.2) is 34.6 Å². The first kappa shape index (κ1) is 12.0. The molecule has 2 rings (SSSR count). The van der Waals surface area contributed by atoms with E-state index in [9.17, 15) is 8.42 Å². The Labute approximate surface area is 99.6 Å². The minimum absolute atomic E-state index is 0.199. The predicted octanol–water partition coefficient (Wildman–Crippen LogP) is 0.696. The molecule has 1 saturated heterocycles. The molecule has 0 saturated carbocycles. The lowest BCUT2D eigenvalue weighted by Crippen LogP contribution is -2.38. The van der Waals surface area contributed by atoms with Crippen molar-refractivity contribution in [2.75, 3.05) is 13.1 Å². The molecule has 0 unspecified atom stereocenters. The van der Waals surface area contributed by atoms with Crippen LogP contribution < -0.4 is 0 Å². The smallest absolute Gasteiger partial charge is 0.244 e. The van der Waals surface area contributed by atoms with Gasteiger partial charge < -0.3 is 5.21 Å². The summed E-state index contributed by atoms with van der Waals surface area (Å²) < 4.78 is 25.7. The van der Waals surface area contributed by atoms with Crippen molar-refractivity contribution in [1.82, 2.24) is 9.29 Å². The topological polar surface area (TPSA) is 82.9 Å². The first-order valence-corrected chi connectivity index (χ1v) is 6.68. The summed E-state index contributed by atoms with van der Waals surface area (Å²) in [4.78, 5) is 4.01. The third-order valence-corrected chi connectivity index (χ3v) is 4.60. The largest absolute Gasteiger partial charge is 0.411 e. The van der Waals surface area contributed by atoms with Crippen LogP contribution in [0.1, 0.15) is 12.8 Å². The number of piperidine rings is 1. The zero-order chi connectivity index (χ0) is 12.3. The zero-order valence-corrected chi connectivity index (χ0v) is 9.97. The van der Waals surface area contributed by atoms with Crippen LogP contribution in [-0.4, -0.2) is 41.7 Å². The van der Waals surface area contributed by atoms with Crippen LogP contribution in [0.4, 0.5) is 0 Å². The average Bonchev–Trinajstić information content (AvgIpc) is 2.40. The fourth-order valence-electron chi connectivity index (χ4n) is 1.73. The predicted molar refractivity (Wildman–Crippen MR) is 61.5 cm³/mol. The highest BCUT2D eigenvalue weighted by Gasteiger charge is 2.27. The van der Waals surface area contributed by atoms with Crippen molar-refractivity contribution >= 4 is 15.7 Å². The van der Waals surface area contributed by atoms with Gasteiger partial charge in [0.05, 0.1) is 5.71 Å².